The number of hydrogen-bond acceptors (Lipinski definition) is 1. The Morgan fingerprint density at radius 3 is 2.50 bits per heavy atom. The molecule has 0 spiro atoms. The number of ether oxygens (including phenoxy) is 1. The molecule has 0 radical (unpaired) electrons. The average molecular weight is 265 g/mol. The zero-order valence-corrected chi connectivity index (χ0v) is 11.2. The van der Waals surface area contributed by atoms with Crippen molar-refractivity contribution in [2.75, 3.05) is 0 Å². The molecule has 0 atom stereocenters. The van der Waals surface area contributed by atoms with Gasteiger partial charge in [0.25, 0.3) is 0 Å². The molecule has 1 aliphatic rings. The van der Waals surface area contributed by atoms with Gasteiger partial charge in [0.15, 0.2) is 0 Å². The van der Waals surface area contributed by atoms with Crippen molar-refractivity contribution in [3.63, 3.8) is 0 Å². The summed E-state index contributed by atoms with van der Waals surface area (Å²) in [5.41, 5.74) is 0. The number of rotatable bonds is 2. The summed E-state index contributed by atoms with van der Waals surface area (Å²) in [5.74, 6) is 0.893. The first-order valence-electron chi connectivity index (χ1n) is 4.58. The number of benzene rings is 1. The Hall–Kier alpha value is 0.266. The van der Waals surface area contributed by atoms with Gasteiger partial charge in [-0.15, -0.1) is 12.1 Å². The summed E-state index contributed by atoms with van der Waals surface area (Å²) in [6, 6.07) is 10.9. The molecule has 1 aliphatic carbocycles. The molecule has 1 aromatic rings. The van der Waals surface area contributed by atoms with Crippen LogP contribution in [0.3, 0.4) is 0 Å². The molecule has 0 aliphatic heterocycles. The maximum atomic E-state index is 5.72. The van der Waals surface area contributed by atoms with Crippen molar-refractivity contribution >= 4 is 23.1 Å². The molecular weight excluding hydrogens is 252 g/mol. The van der Waals surface area contributed by atoms with Gasteiger partial charge in [-0.1, -0.05) is 0 Å². The van der Waals surface area contributed by atoms with Gasteiger partial charge < -0.3 is 21.7 Å². The van der Waals surface area contributed by atoms with Crippen LogP contribution < -0.4 is 21.7 Å². The van der Waals surface area contributed by atoms with Gasteiger partial charge in [-0.05, 0) is 25.7 Å². The minimum Gasteiger partial charge on any atom is -1.00 e. The first kappa shape index (κ1) is 14.3. The Balaban J connectivity index is 0.000000845. The standard InChI is InChI=1S/C11H13O.BrH.Mg/c1-2-6-10(7-3-1)12-11-8-4-5-9-11;;/h1-3,6,11H,4-5,8-9H2;1H;/q-1;;+2/p-1. The molecule has 0 bridgehead atoms. The van der Waals surface area contributed by atoms with Crippen LogP contribution in [-0.2, 0) is 0 Å². The second-order valence-corrected chi connectivity index (χ2v) is 3.25. The summed E-state index contributed by atoms with van der Waals surface area (Å²) in [6.07, 6.45) is 5.50. The van der Waals surface area contributed by atoms with E-state index in [1.54, 1.807) is 0 Å². The Kier molecular flexibility index (Phi) is 7.69. The number of hydrogen-bond donors (Lipinski definition) is 0. The fourth-order valence-electron chi connectivity index (χ4n) is 1.64. The molecule has 0 unspecified atom stereocenters. The molecule has 2 rings (SSSR count). The van der Waals surface area contributed by atoms with E-state index in [2.05, 4.69) is 6.07 Å². The van der Waals surface area contributed by atoms with E-state index in [1.165, 1.54) is 25.7 Å². The SMILES string of the molecule is [Br-].[Mg+2].[c-]1ccccc1OC1CCCC1. The largest absolute Gasteiger partial charge is 2.00 e. The van der Waals surface area contributed by atoms with Crippen LogP contribution in [0.2, 0.25) is 0 Å². The molecule has 0 saturated heterocycles. The molecule has 0 aromatic heterocycles. The Morgan fingerprint density at radius 1 is 1.21 bits per heavy atom. The normalized spacial score (nSPS) is 15.4. The fourth-order valence-corrected chi connectivity index (χ4v) is 1.64. The predicted octanol–water partition coefficient (Wildman–Crippen LogP) is -0.569. The molecule has 1 nitrogen and oxygen atoms in total. The Bertz CT molecular complexity index is 234. The molecule has 0 amide bonds. The van der Waals surface area contributed by atoms with Crippen LogP contribution in [0.4, 0.5) is 0 Å². The van der Waals surface area contributed by atoms with Gasteiger partial charge in [0.1, 0.15) is 0 Å². The van der Waals surface area contributed by atoms with E-state index in [1.807, 2.05) is 24.3 Å². The average Bonchev–Trinajstić information content (AvgIpc) is 2.59. The second kappa shape index (κ2) is 7.54. The van der Waals surface area contributed by atoms with Crippen molar-refractivity contribution in [2.45, 2.75) is 31.8 Å². The summed E-state index contributed by atoms with van der Waals surface area (Å²) < 4.78 is 5.72. The van der Waals surface area contributed by atoms with Crippen LogP contribution >= 0.6 is 0 Å². The van der Waals surface area contributed by atoms with Crippen LogP contribution in [0.1, 0.15) is 25.7 Å². The summed E-state index contributed by atoms with van der Waals surface area (Å²) in [7, 11) is 0. The van der Waals surface area contributed by atoms with Gasteiger partial charge in [-0.3, -0.25) is 0 Å². The van der Waals surface area contributed by atoms with E-state index < -0.39 is 0 Å². The summed E-state index contributed by atoms with van der Waals surface area (Å²) in [6.45, 7) is 0. The molecule has 0 N–H and O–H groups in total. The van der Waals surface area contributed by atoms with Gasteiger partial charge in [0, 0.05) is 5.75 Å². The van der Waals surface area contributed by atoms with Crippen LogP contribution in [0, 0.1) is 6.07 Å². The van der Waals surface area contributed by atoms with Crippen LogP contribution in [0.25, 0.3) is 0 Å². The summed E-state index contributed by atoms with van der Waals surface area (Å²) in [4.78, 5) is 0. The Labute approximate surface area is 112 Å². The van der Waals surface area contributed by atoms with E-state index in [0.29, 0.717) is 6.10 Å². The van der Waals surface area contributed by atoms with Crippen LogP contribution in [0.15, 0.2) is 24.3 Å². The third kappa shape index (κ3) is 4.19. The zero-order chi connectivity index (χ0) is 8.23. The maximum Gasteiger partial charge on any atom is 2.00 e. The van der Waals surface area contributed by atoms with Crippen molar-refractivity contribution in [1.29, 1.82) is 0 Å². The molecule has 72 valence electrons. The smallest absolute Gasteiger partial charge is 1.00 e. The van der Waals surface area contributed by atoms with E-state index >= 15 is 0 Å². The fraction of sp³-hybridized carbons (Fsp3) is 0.455. The number of halogens is 1. The molecule has 0 heterocycles. The molecular formula is C11H13BrMgO. The van der Waals surface area contributed by atoms with E-state index in [9.17, 15) is 0 Å². The van der Waals surface area contributed by atoms with Crippen molar-refractivity contribution in [3.8, 4) is 5.75 Å². The molecule has 1 saturated carbocycles. The third-order valence-corrected chi connectivity index (χ3v) is 2.28. The first-order valence-corrected chi connectivity index (χ1v) is 4.58. The van der Waals surface area contributed by atoms with Gasteiger partial charge in [0.2, 0.25) is 0 Å². The van der Waals surface area contributed by atoms with Gasteiger partial charge in [-0.25, -0.2) is 0 Å². The third-order valence-electron chi connectivity index (χ3n) is 2.28. The van der Waals surface area contributed by atoms with Gasteiger partial charge >= 0.3 is 23.1 Å². The summed E-state index contributed by atoms with van der Waals surface area (Å²) >= 11 is 0. The topological polar surface area (TPSA) is 9.23 Å². The molecule has 1 aromatic carbocycles. The minimum atomic E-state index is 0. The second-order valence-electron chi connectivity index (χ2n) is 3.25. The van der Waals surface area contributed by atoms with Gasteiger partial charge in [-0.2, -0.15) is 18.2 Å². The number of para-hydroxylation sites is 1. The maximum absolute atomic E-state index is 5.72. The predicted molar refractivity (Wildman–Crippen MR) is 53.9 cm³/mol. The van der Waals surface area contributed by atoms with E-state index in [-0.39, 0.29) is 40.0 Å². The Morgan fingerprint density at radius 2 is 1.93 bits per heavy atom. The monoisotopic (exact) mass is 264 g/mol. The molecule has 14 heavy (non-hydrogen) atoms. The van der Waals surface area contributed by atoms with E-state index in [0.717, 1.165) is 5.75 Å². The minimum absolute atomic E-state index is 0. The van der Waals surface area contributed by atoms with Crippen molar-refractivity contribution < 1.29 is 21.7 Å². The van der Waals surface area contributed by atoms with Crippen molar-refractivity contribution in [2.24, 2.45) is 0 Å². The zero-order valence-electron chi connectivity index (χ0n) is 8.21. The van der Waals surface area contributed by atoms with Crippen molar-refractivity contribution in [1.82, 2.24) is 0 Å². The van der Waals surface area contributed by atoms with E-state index in [4.69, 9.17) is 4.74 Å². The van der Waals surface area contributed by atoms with Gasteiger partial charge in [0.05, 0.1) is 6.10 Å². The van der Waals surface area contributed by atoms with Crippen molar-refractivity contribution in [3.05, 3.63) is 30.3 Å². The quantitative estimate of drug-likeness (QED) is 0.514. The van der Waals surface area contributed by atoms with Crippen LogP contribution in [0.5, 0.6) is 5.75 Å². The van der Waals surface area contributed by atoms with Crippen LogP contribution in [-0.4, -0.2) is 29.2 Å². The molecule has 1 fully saturated rings. The molecule has 3 heteroatoms. The first-order chi connectivity index (χ1) is 5.95. The summed E-state index contributed by atoms with van der Waals surface area (Å²) in [5, 5.41) is 0.